The van der Waals surface area contributed by atoms with Crippen LogP contribution in [0, 0.1) is 6.92 Å². The molecule has 2 aromatic rings. The normalized spacial score (nSPS) is 10.8. The lowest BCUT2D eigenvalue weighted by Gasteiger charge is -2.16. The molecular weight excluding hydrogens is 324 g/mol. The van der Waals surface area contributed by atoms with E-state index in [1.54, 1.807) is 7.11 Å². The number of amides is 1. The maximum atomic E-state index is 12.3. The van der Waals surface area contributed by atoms with Gasteiger partial charge in [-0.25, -0.2) is 0 Å². The lowest BCUT2D eigenvalue weighted by Crippen LogP contribution is -2.24. The molecule has 0 aromatic heterocycles. The standard InChI is InChI=1S/C22H30N2O2/c1-16(2)20-10-5-7-17(3)22(20)24-21(25)12-14-23-13-11-18-8-6-9-19(15-18)26-4/h5-10,15-16,23H,11-14H2,1-4H3,(H,24,25). The fourth-order valence-electron chi connectivity index (χ4n) is 2.93. The molecule has 26 heavy (non-hydrogen) atoms. The number of rotatable bonds is 9. The average Bonchev–Trinajstić information content (AvgIpc) is 2.63. The number of carbonyl (C=O) groups is 1. The van der Waals surface area contributed by atoms with Gasteiger partial charge in [-0.2, -0.15) is 0 Å². The zero-order valence-electron chi connectivity index (χ0n) is 16.3. The molecule has 1 amide bonds. The van der Waals surface area contributed by atoms with Crippen molar-refractivity contribution in [3.63, 3.8) is 0 Å². The van der Waals surface area contributed by atoms with Crippen LogP contribution in [0.3, 0.4) is 0 Å². The third-order valence-corrected chi connectivity index (χ3v) is 4.44. The summed E-state index contributed by atoms with van der Waals surface area (Å²) in [7, 11) is 1.68. The van der Waals surface area contributed by atoms with Crippen molar-refractivity contribution >= 4 is 11.6 Å². The van der Waals surface area contributed by atoms with Crippen molar-refractivity contribution in [1.29, 1.82) is 0 Å². The molecular formula is C22H30N2O2. The lowest BCUT2D eigenvalue weighted by atomic mass is 9.98. The Morgan fingerprint density at radius 3 is 2.62 bits per heavy atom. The number of methoxy groups -OCH3 is 1. The summed E-state index contributed by atoms with van der Waals surface area (Å²) in [6.07, 6.45) is 1.37. The highest BCUT2D eigenvalue weighted by Crippen LogP contribution is 2.27. The van der Waals surface area contributed by atoms with Crippen molar-refractivity contribution in [1.82, 2.24) is 5.32 Å². The van der Waals surface area contributed by atoms with Crippen LogP contribution >= 0.6 is 0 Å². The number of para-hydroxylation sites is 1. The molecule has 0 bridgehead atoms. The van der Waals surface area contributed by atoms with Crippen molar-refractivity contribution in [3.8, 4) is 5.75 Å². The molecule has 0 fully saturated rings. The summed E-state index contributed by atoms with van der Waals surface area (Å²) < 4.78 is 5.23. The SMILES string of the molecule is COc1cccc(CCNCCC(=O)Nc2c(C)cccc2C(C)C)c1. The lowest BCUT2D eigenvalue weighted by molar-refractivity contribution is -0.116. The highest BCUT2D eigenvalue weighted by Gasteiger charge is 2.11. The van der Waals surface area contributed by atoms with E-state index in [-0.39, 0.29) is 5.91 Å². The van der Waals surface area contributed by atoms with Gasteiger partial charge < -0.3 is 15.4 Å². The van der Waals surface area contributed by atoms with E-state index in [1.807, 2.05) is 37.3 Å². The van der Waals surface area contributed by atoms with Crippen LogP contribution in [0.25, 0.3) is 0 Å². The Morgan fingerprint density at radius 1 is 1.12 bits per heavy atom. The van der Waals surface area contributed by atoms with E-state index in [1.165, 1.54) is 11.1 Å². The summed E-state index contributed by atoms with van der Waals surface area (Å²) in [6.45, 7) is 7.82. The summed E-state index contributed by atoms with van der Waals surface area (Å²) in [5, 5.41) is 6.43. The molecule has 0 atom stereocenters. The number of benzene rings is 2. The van der Waals surface area contributed by atoms with Gasteiger partial charge in [-0.1, -0.05) is 44.2 Å². The molecule has 4 nitrogen and oxygen atoms in total. The van der Waals surface area contributed by atoms with E-state index < -0.39 is 0 Å². The van der Waals surface area contributed by atoms with Crippen LogP contribution in [0.5, 0.6) is 5.75 Å². The van der Waals surface area contributed by atoms with E-state index in [4.69, 9.17) is 4.74 Å². The van der Waals surface area contributed by atoms with Crippen LogP contribution in [0.2, 0.25) is 0 Å². The first-order valence-electron chi connectivity index (χ1n) is 9.24. The van der Waals surface area contributed by atoms with Gasteiger partial charge in [0, 0.05) is 18.7 Å². The first-order valence-corrected chi connectivity index (χ1v) is 9.24. The number of aryl methyl sites for hydroxylation is 1. The molecule has 140 valence electrons. The number of anilines is 1. The predicted octanol–water partition coefficient (Wildman–Crippen LogP) is 4.29. The van der Waals surface area contributed by atoms with Gasteiger partial charge in [0.1, 0.15) is 5.75 Å². The Morgan fingerprint density at radius 2 is 1.88 bits per heavy atom. The first kappa shape index (κ1) is 20.0. The second kappa shape index (κ2) is 9.97. The minimum atomic E-state index is 0.0510. The van der Waals surface area contributed by atoms with Crippen LogP contribution in [-0.2, 0) is 11.2 Å². The second-order valence-corrected chi connectivity index (χ2v) is 6.84. The molecule has 0 spiro atoms. The molecule has 0 unspecified atom stereocenters. The molecule has 2 rings (SSSR count). The molecule has 0 aliphatic carbocycles. The molecule has 0 saturated carbocycles. The van der Waals surface area contributed by atoms with E-state index in [2.05, 4.69) is 36.6 Å². The van der Waals surface area contributed by atoms with E-state index in [9.17, 15) is 4.79 Å². The molecule has 4 heteroatoms. The van der Waals surface area contributed by atoms with E-state index in [0.717, 1.165) is 30.0 Å². The Labute approximate surface area is 157 Å². The zero-order valence-corrected chi connectivity index (χ0v) is 16.3. The minimum absolute atomic E-state index is 0.0510. The van der Waals surface area contributed by atoms with Gasteiger partial charge in [-0.05, 0) is 54.6 Å². The van der Waals surface area contributed by atoms with Crippen LogP contribution in [0.1, 0.15) is 42.9 Å². The molecule has 0 aliphatic rings. The van der Waals surface area contributed by atoms with Crippen molar-refractivity contribution in [2.75, 3.05) is 25.5 Å². The van der Waals surface area contributed by atoms with E-state index in [0.29, 0.717) is 18.9 Å². The average molecular weight is 354 g/mol. The monoisotopic (exact) mass is 354 g/mol. The number of hydrogen-bond acceptors (Lipinski definition) is 3. The number of ether oxygens (including phenoxy) is 1. The van der Waals surface area contributed by atoms with Crippen molar-refractivity contribution in [2.24, 2.45) is 0 Å². The van der Waals surface area contributed by atoms with Gasteiger partial charge in [-0.3, -0.25) is 4.79 Å². The molecule has 0 aliphatic heterocycles. The summed E-state index contributed by atoms with van der Waals surface area (Å²) in [6, 6.07) is 14.2. The van der Waals surface area contributed by atoms with Gasteiger partial charge >= 0.3 is 0 Å². The van der Waals surface area contributed by atoms with Crippen molar-refractivity contribution < 1.29 is 9.53 Å². The van der Waals surface area contributed by atoms with Gasteiger partial charge in [-0.15, -0.1) is 0 Å². The van der Waals surface area contributed by atoms with Crippen LogP contribution < -0.4 is 15.4 Å². The topological polar surface area (TPSA) is 50.4 Å². The Balaban J connectivity index is 1.76. The summed E-state index contributed by atoms with van der Waals surface area (Å²) in [5.41, 5.74) is 4.48. The van der Waals surface area contributed by atoms with Gasteiger partial charge in [0.15, 0.2) is 0 Å². The number of hydrogen-bond donors (Lipinski definition) is 2. The van der Waals surface area contributed by atoms with Gasteiger partial charge in [0.05, 0.1) is 7.11 Å². The van der Waals surface area contributed by atoms with Crippen LogP contribution in [-0.4, -0.2) is 26.1 Å². The van der Waals surface area contributed by atoms with Crippen LogP contribution in [0.15, 0.2) is 42.5 Å². The highest BCUT2D eigenvalue weighted by atomic mass is 16.5. The zero-order chi connectivity index (χ0) is 18.9. The quantitative estimate of drug-likeness (QED) is 0.661. The first-order chi connectivity index (χ1) is 12.5. The van der Waals surface area contributed by atoms with Gasteiger partial charge in [0.25, 0.3) is 0 Å². The number of carbonyl (C=O) groups excluding carboxylic acids is 1. The third kappa shape index (κ3) is 5.88. The molecule has 0 heterocycles. The minimum Gasteiger partial charge on any atom is -0.497 e. The van der Waals surface area contributed by atoms with Crippen LogP contribution in [0.4, 0.5) is 5.69 Å². The maximum absolute atomic E-state index is 12.3. The smallest absolute Gasteiger partial charge is 0.225 e. The van der Waals surface area contributed by atoms with Crippen molar-refractivity contribution in [2.45, 2.75) is 39.5 Å². The summed E-state index contributed by atoms with van der Waals surface area (Å²) in [5.74, 6) is 1.31. The molecule has 0 saturated heterocycles. The largest absolute Gasteiger partial charge is 0.497 e. The fraction of sp³-hybridized carbons (Fsp3) is 0.409. The van der Waals surface area contributed by atoms with Crippen molar-refractivity contribution in [3.05, 3.63) is 59.2 Å². The maximum Gasteiger partial charge on any atom is 0.225 e. The van der Waals surface area contributed by atoms with Gasteiger partial charge in [0.2, 0.25) is 5.91 Å². The Hall–Kier alpha value is -2.33. The third-order valence-electron chi connectivity index (χ3n) is 4.44. The second-order valence-electron chi connectivity index (χ2n) is 6.84. The van der Waals surface area contributed by atoms with E-state index >= 15 is 0 Å². The molecule has 0 radical (unpaired) electrons. The fourth-order valence-corrected chi connectivity index (χ4v) is 2.93. The highest BCUT2D eigenvalue weighted by molar-refractivity contribution is 5.92. The molecule has 2 aromatic carbocycles. The Kier molecular flexibility index (Phi) is 7.67. The summed E-state index contributed by atoms with van der Waals surface area (Å²) >= 11 is 0. The summed E-state index contributed by atoms with van der Waals surface area (Å²) in [4.78, 5) is 12.3. The Bertz CT molecular complexity index is 726. The predicted molar refractivity (Wildman–Crippen MR) is 108 cm³/mol. The molecule has 2 N–H and O–H groups in total. The number of nitrogens with one attached hydrogen (secondary N) is 2.